The molecule has 0 heterocycles. The Kier molecular flexibility index (Phi) is 6.65. The molecule has 16 heavy (non-hydrogen) atoms. The lowest BCUT2D eigenvalue weighted by molar-refractivity contribution is -0.120. The van der Waals surface area contributed by atoms with Crippen LogP contribution < -0.4 is 10.6 Å². The molecule has 3 nitrogen and oxygen atoms in total. The van der Waals surface area contributed by atoms with Crippen molar-refractivity contribution in [3.05, 3.63) is 0 Å². The zero-order valence-electron chi connectivity index (χ0n) is 11.7. The largest absolute Gasteiger partial charge is 0.353 e. The average molecular weight is 228 g/mol. The molecule has 0 aliphatic carbocycles. The summed E-state index contributed by atoms with van der Waals surface area (Å²) in [5.74, 6) is 0.700. The third-order valence-corrected chi connectivity index (χ3v) is 3.45. The summed E-state index contributed by atoms with van der Waals surface area (Å²) in [5, 5.41) is 6.17. The molecule has 1 unspecified atom stereocenters. The smallest absolute Gasteiger partial charge is 0.234 e. The highest BCUT2D eigenvalue weighted by atomic mass is 16.1. The summed E-state index contributed by atoms with van der Waals surface area (Å²) >= 11 is 0. The van der Waals surface area contributed by atoms with E-state index in [2.05, 4.69) is 45.3 Å². The van der Waals surface area contributed by atoms with Crippen molar-refractivity contribution >= 4 is 5.91 Å². The predicted octanol–water partition coefficient (Wildman–Crippen LogP) is 2.17. The lowest BCUT2D eigenvalue weighted by Crippen LogP contribution is -2.42. The van der Waals surface area contributed by atoms with Gasteiger partial charge in [-0.1, -0.05) is 34.6 Å². The van der Waals surface area contributed by atoms with Gasteiger partial charge in [-0.2, -0.15) is 0 Å². The van der Waals surface area contributed by atoms with Gasteiger partial charge in [-0.25, -0.2) is 0 Å². The normalized spacial score (nSPS) is 13.9. The first kappa shape index (κ1) is 15.4. The molecule has 0 radical (unpaired) electrons. The summed E-state index contributed by atoms with van der Waals surface area (Å²) in [6.07, 6.45) is 0.975. The summed E-state index contributed by atoms with van der Waals surface area (Å²) in [5.41, 5.74) is 0.233. The molecule has 0 aliphatic rings. The van der Waals surface area contributed by atoms with Gasteiger partial charge < -0.3 is 10.6 Å². The molecule has 96 valence electrons. The van der Waals surface area contributed by atoms with Crippen molar-refractivity contribution in [2.45, 2.75) is 54.0 Å². The van der Waals surface area contributed by atoms with E-state index >= 15 is 0 Å². The first-order valence-electron chi connectivity index (χ1n) is 6.29. The first-order chi connectivity index (χ1) is 7.29. The van der Waals surface area contributed by atoms with E-state index in [9.17, 15) is 4.79 Å². The SMILES string of the molecule is CCC(C)NC(=O)CNCC(C)(C)C(C)C. The van der Waals surface area contributed by atoms with Crippen molar-refractivity contribution in [2.24, 2.45) is 11.3 Å². The van der Waals surface area contributed by atoms with Crippen LogP contribution in [0.3, 0.4) is 0 Å². The molecule has 1 amide bonds. The van der Waals surface area contributed by atoms with Crippen LogP contribution in [0.15, 0.2) is 0 Å². The third kappa shape index (κ3) is 6.11. The minimum atomic E-state index is 0.0916. The van der Waals surface area contributed by atoms with Gasteiger partial charge in [0.1, 0.15) is 0 Å². The Morgan fingerprint density at radius 1 is 1.25 bits per heavy atom. The highest BCUT2D eigenvalue weighted by Crippen LogP contribution is 2.24. The quantitative estimate of drug-likeness (QED) is 0.701. The van der Waals surface area contributed by atoms with Crippen LogP contribution in [-0.2, 0) is 4.79 Å². The number of rotatable bonds is 7. The molecular weight excluding hydrogens is 200 g/mol. The minimum Gasteiger partial charge on any atom is -0.353 e. The zero-order chi connectivity index (χ0) is 12.8. The summed E-state index contributed by atoms with van der Waals surface area (Å²) in [6.45, 7) is 14.2. The first-order valence-corrected chi connectivity index (χ1v) is 6.29. The highest BCUT2D eigenvalue weighted by molar-refractivity contribution is 5.78. The van der Waals surface area contributed by atoms with E-state index in [4.69, 9.17) is 0 Å². The fraction of sp³-hybridized carbons (Fsp3) is 0.923. The van der Waals surface area contributed by atoms with Gasteiger partial charge in [-0.3, -0.25) is 4.79 Å². The Morgan fingerprint density at radius 2 is 1.81 bits per heavy atom. The van der Waals surface area contributed by atoms with E-state index in [-0.39, 0.29) is 17.4 Å². The maximum atomic E-state index is 11.5. The van der Waals surface area contributed by atoms with Crippen LogP contribution in [0.2, 0.25) is 0 Å². The Morgan fingerprint density at radius 3 is 2.25 bits per heavy atom. The van der Waals surface area contributed by atoms with E-state index in [1.165, 1.54) is 0 Å². The number of carbonyl (C=O) groups is 1. The van der Waals surface area contributed by atoms with Crippen LogP contribution in [0.1, 0.15) is 48.0 Å². The number of carbonyl (C=O) groups excluding carboxylic acids is 1. The van der Waals surface area contributed by atoms with Crippen molar-refractivity contribution < 1.29 is 4.79 Å². The second-order valence-electron chi connectivity index (χ2n) is 5.62. The summed E-state index contributed by atoms with van der Waals surface area (Å²) in [6, 6.07) is 0.271. The van der Waals surface area contributed by atoms with E-state index in [0.29, 0.717) is 12.5 Å². The summed E-state index contributed by atoms with van der Waals surface area (Å²) < 4.78 is 0. The number of amides is 1. The molecule has 2 N–H and O–H groups in total. The highest BCUT2D eigenvalue weighted by Gasteiger charge is 2.21. The van der Waals surface area contributed by atoms with E-state index in [0.717, 1.165) is 13.0 Å². The molecule has 0 bridgehead atoms. The molecule has 0 aromatic heterocycles. The Bertz CT molecular complexity index is 212. The summed E-state index contributed by atoms with van der Waals surface area (Å²) in [7, 11) is 0. The molecule has 0 aromatic carbocycles. The monoisotopic (exact) mass is 228 g/mol. The standard InChI is InChI=1S/C13H28N2O/c1-7-11(4)15-12(16)8-14-9-13(5,6)10(2)3/h10-11,14H,7-9H2,1-6H3,(H,15,16). The van der Waals surface area contributed by atoms with Crippen molar-refractivity contribution in [3.63, 3.8) is 0 Å². The number of hydrogen-bond acceptors (Lipinski definition) is 2. The lowest BCUT2D eigenvalue weighted by atomic mass is 9.81. The van der Waals surface area contributed by atoms with Crippen LogP contribution >= 0.6 is 0 Å². The van der Waals surface area contributed by atoms with Crippen molar-refractivity contribution in [3.8, 4) is 0 Å². The fourth-order valence-electron chi connectivity index (χ4n) is 1.13. The van der Waals surface area contributed by atoms with Gasteiger partial charge in [-0.15, -0.1) is 0 Å². The van der Waals surface area contributed by atoms with Gasteiger partial charge in [0.05, 0.1) is 6.54 Å². The van der Waals surface area contributed by atoms with Gasteiger partial charge in [0, 0.05) is 12.6 Å². The second kappa shape index (κ2) is 6.89. The van der Waals surface area contributed by atoms with Gasteiger partial charge in [-0.05, 0) is 24.7 Å². The maximum Gasteiger partial charge on any atom is 0.234 e. The van der Waals surface area contributed by atoms with Crippen LogP contribution in [0.25, 0.3) is 0 Å². The van der Waals surface area contributed by atoms with Crippen LogP contribution in [0.5, 0.6) is 0 Å². The Balaban J connectivity index is 3.78. The number of hydrogen-bond donors (Lipinski definition) is 2. The topological polar surface area (TPSA) is 41.1 Å². The summed E-state index contributed by atoms with van der Waals surface area (Å²) in [4.78, 5) is 11.5. The van der Waals surface area contributed by atoms with Gasteiger partial charge >= 0.3 is 0 Å². The molecule has 1 atom stereocenters. The lowest BCUT2D eigenvalue weighted by Gasteiger charge is -2.29. The van der Waals surface area contributed by atoms with Crippen LogP contribution in [-0.4, -0.2) is 25.0 Å². The second-order valence-corrected chi connectivity index (χ2v) is 5.62. The molecule has 0 aliphatic heterocycles. The molecule has 0 rings (SSSR count). The molecule has 0 fully saturated rings. The molecule has 0 aromatic rings. The van der Waals surface area contributed by atoms with Crippen molar-refractivity contribution in [1.82, 2.24) is 10.6 Å². The van der Waals surface area contributed by atoms with Gasteiger partial charge in [0.2, 0.25) is 5.91 Å². The van der Waals surface area contributed by atoms with Crippen molar-refractivity contribution in [1.29, 1.82) is 0 Å². The van der Waals surface area contributed by atoms with Gasteiger partial charge in [0.15, 0.2) is 0 Å². The maximum absolute atomic E-state index is 11.5. The van der Waals surface area contributed by atoms with E-state index in [1.807, 2.05) is 6.92 Å². The zero-order valence-corrected chi connectivity index (χ0v) is 11.7. The van der Waals surface area contributed by atoms with Crippen molar-refractivity contribution in [2.75, 3.05) is 13.1 Å². The van der Waals surface area contributed by atoms with Crippen LogP contribution in [0, 0.1) is 11.3 Å². The Hall–Kier alpha value is -0.570. The van der Waals surface area contributed by atoms with Gasteiger partial charge in [0.25, 0.3) is 0 Å². The number of nitrogens with one attached hydrogen (secondary N) is 2. The van der Waals surface area contributed by atoms with E-state index < -0.39 is 0 Å². The molecular formula is C13H28N2O. The molecule has 0 spiro atoms. The van der Waals surface area contributed by atoms with Crippen LogP contribution in [0.4, 0.5) is 0 Å². The fourth-order valence-corrected chi connectivity index (χ4v) is 1.13. The molecule has 0 saturated carbocycles. The van der Waals surface area contributed by atoms with E-state index in [1.54, 1.807) is 0 Å². The minimum absolute atomic E-state index is 0.0916. The Labute approximate surface area is 100 Å². The molecule has 0 saturated heterocycles. The average Bonchev–Trinajstić information content (AvgIpc) is 2.16. The molecule has 3 heteroatoms. The third-order valence-electron chi connectivity index (χ3n) is 3.45. The predicted molar refractivity (Wildman–Crippen MR) is 69.4 cm³/mol.